The molecule has 0 saturated carbocycles. The lowest BCUT2D eigenvalue weighted by molar-refractivity contribution is -0.384. The Kier molecular flexibility index (Phi) is 12.6. The first kappa shape index (κ1) is 40.5. The molecule has 0 unspecified atom stereocenters. The minimum atomic E-state index is -4.26. The van der Waals surface area contributed by atoms with Crippen molar-refractivity contribution < 1.29 is 13.3 Å². The number of rotatable bonds is 16. The number of hydrogen-bond acceptors (Lipinski definition) is 11. The molecule has 2 aliphatic rings. The van der Waals surface area contributed by atoms with Gasteiger partial charge < -0.3 is 15.1 Å². The number of aromatic nitrogens is 2. The maximum absolute atomic E-state index is 13.8. The number of nitrogens with zero attached hydrogens (tertiary/aromatic N) is 6. The average molecular weight is 849 g/mol. The molecular weight excluding hydrogens is 804 g/mol. The molecular formula is C44H45ClN8O4S2. The van der Waals surface area contributed by atoms with Crippen LogP contribution >= 0.6 is 23.4 Å². The normalized spacial score (nSPS) is 15.4. The van der Waals surface area contributed by atoms with Crippen LogP contribution in [0.4, 0.5) is 22.9 Å². The molecule has 304 valence electrons. The lowest BCUT2D eigenvalue weighted by Crippen LogP contribution is -2.46. The number of anilines is 3. The summed E-state index contributed by atoms with van der Waals surface area (Å²) in [4.78, 5) is 28.5. The molecule has 6 aromatic rings. The molecule has 59 heavy (non-hydrogen) atoms. The van der Waals surface area contributed by atoms with Crippen molar-refractivity contribution in [2.45, 2.75) is 35.2 Å². The third-order valence-electron chi connectivity index (χ3n) is 10.9. The Hall–Kier alpha value is -5.25. The van der Waals surface area contributed by atoms with E-state index in [1.165, 1.54) is 36.0 Å². The van der Waals surface area contributed by atoms with E-state index >= 15 is 0 Å². The molecule has 2 fully saturated rings. The molecule has 0 bridgehead atoms. The smallest absolute Gasteiger partial charge is 0.293 e. The zero-order valence-electron chi connectivity index (χ0n) is 32.4. The first-order valence-electron chi connectivity index (χ1n) is 19.7. The van der Waals surface area contributed by atoms with Crippen LogP contribution in [0.3, 0.4) is 0 Å². The molecule has 0 amide bonds. The minimum absolute atomic E-state index is 0.0803. The molecule has 2 aliphatic heterocycles. The summed E-state index contributed by atoms with van der Waals surface area (Å²) >= 11 is 8.11. The van der Waals surface area contributed by atoms with Crippen LogP contribution in [-0.4, -0.2) is 90.7 Å². The Morgan fingerprint density at radius 1 is 0.831 bits per heavy atom. The highest BCUT2D eigenvalue weighted by Gasteiger charge is 2.26. The third kappa shape index (κ3) is 9.97. The molecule has 12 nitrogen and oxygen atoms in total. The average Bonchev–Trinajstić information content (AvgIpc) is 3.23. The van der Waals surface area contributed by atoms with Crippen molar-refractivity contribution in [2.75, 3.05) is 66.5 Å². The summed E-state index contributed by atoms with van der Waals surface area (Å²) in [6, 6.07) is 36.0. The van der Waals surface area contributed by atoms with E-state index in [1.807, 2.05) is 72.8 Å². The lowest BCUT2D eigenvalue weighted by atomic mass is 9.99. The Balaban J connectivity index is 0.939. The van der Waals surface area contributed by atoms with Crippen LogP contribution in [0.15, 0.2) is 131 Å². The Morgan fingerprint density at radius 3 is 2.32 bits per heavy atom. The van der Waals surface area contributed by atoms with Crippen molar-refractivity contribution in [3.8, 4) is 11.1 Å². The highest BCUT2D eigenvalue weighted by Crippen LogP contribution is 2.33. The highest BCUT2D eigenvalue weighted by atomic mass is 35.5. The third-order valence-corrected chi connectivity index (χ3v) is 13.7. The quantitative estimate of drug-likeness (QED) is 0.0550. The number of halogens is 1. The van der Waals surface area contributed by atoms with E-state index < -0.39 is 14.9 Å². The van der Waals surface area contributed by atoms with Crippen LogP contribution in [0.2, 0.25) is 5.02 Å². The van der Waals surface area contributed by atoms with Gasteiger partial charge in [-0.3, -0.25) is 19.7 Å². The second-order valence-corrected chi connectivity index (χ2v) is 18.1. The Bertz CT molecular complexity index is 2520. The fourth-order valence-electron chi connectivity index (χ4n) is 7.53. The maximum Gasteiger partial charge on any atom is 0.293 e. The van der Waals surface area contributed by atoms with Gasteiger partial charge in [0, 0.05) is 78.1 Å². The van der Waals surface area contributed by atoms with Gasteiger partial charge in [-0.2, -0.15) is 0 Å². The van der Waals surface area contributed by atoms with Gasteiger partial charge in [0.2, 0.25) is 0 Å². The lowest BCUT2D eigenvalue weighted by Gasteiger charge is -2.36. The van der Waals surface area contributed by atoms with E-state index in [0.717, 1.165) is 86.0 Å². The van der Waals surface area contributed by atoms with Gasteiger partial charge in [0.25, 0.3) is 15.7 Å². The van der Waals surface area contributed by atoms with Crippen LogP contribution < -0.4 is 14.9 Å². The topological polar surface area (TPSA) is 137 Å². The first-order chi connectivity index (χ1) is 28.7. The number of nitro benzene ring substituents is 1. The number of fused-ring (bicyclic) bond motifs is 1. The summed E-state index contributed by atoms with van der Waals surface area (Å²) in [5.74, 6) is 0.783. The largest absolute Gasteiger partial charge is 0.376 e. The summed E-state index contributed by atoms with van der Waals surface area (Å²) in [5.41, 5.74) is 5.04. The van der Waals surface area contributed by atoms with Crippen molar-refractivity contribution in [2.24, 2.45) is 0 Å². The van der Waals surface area contributed by atoms with Gasteiger partial charge in [0.15, 0.2) is 5.82 Å². The predicted octanol–water partition coefficient (Wildman–Crippen LogP) is 8.65. The number of nitro groups is 1. The van der Waals surface area contributed by atoms with E-state index in [4.69, 9.17) is 11.6 Å². The monoisotopic (exact) mass is 848 g/mol. The van der Waals surface area contributed by atoms with Crippen LogP contribution in [0.1, 0.15) is 18.4 Å². The molecule has 8 rings (SSSR count). The molecule has 15 heteroatoms. The summed E-state index contributed by atoms with van der Waals surface area (Å²) in [5, 5.41) is 17.0. The van der Waals surface area contributed by atoms with Crippen molar-refractivity contribution in [3.63, 3.8) is 0 Å². The molecule has 0 spiro atoms. The van der Waals surface area contributed by atoms with E-state index in [0.29, 0.717) is 16.7 Å². The number of thioether (sulfide) groups is 1. The number of sulfonamides is 1. The molecule has 2 N–H and O–H groups in total. The number of benzene rings is 5. The van der Waals surface area contributed by atoms with Crippen molar-refractivity contribution in [1.29, 1.82) is 0 Å². The minimum Gasteiger partial charge on any atom is -0.376 e. The summed E-state index contributed by atoms with van der Waals surface area (Å²) < 4.78 is 30.1. The predicted molar refractivity (Wildman–Crippen MR) is 238 cm³/mol. The van der Waals surface area contributed by atoms with Crippen molar-refractivity contribution in [3.05, 3.63) is 142 Å². The number of hydrogen-bond donors (Lipinski definition) is 2. The molecule has 1 aromatic heterocycles. The van der Waals surface area contributed by atoms with Gasteiger partial charge in [-0.15, -0.1) is 11.8 Å². The molecule has 5 aromatic carbocycles. The van der Waals surface area contributed by atoms with Gasteiger partial charge in [0.1, 0.15) is 12.0 Å². The van der Waals surface area contributed by atoms with Gasteiger partial charge in [0.05, 0.1) is 15.3 Å². The second-order valence-electron chi connectivity index (χ2n) is 14.8. The number of piperazine rings is 1. The molecule has 3 heterocycles. The molecule has 0 aliphatic carbocycles. The highest BCUT2D eigenvalue weighted by molar-refractivity contribution is 7.99. The van der Waals surface area contributed by atoms with Crippen LogP contribution in [-0.2, 0) is 16.6 Å². The van der Waals surface area contributed by atoms with Gasteiger partial charge in [-0.25, -0.2) is 18.4 Å². The standard InChI is InChI=1S/C44H45ClN8O4S2/c45-34-12-15-39(32-8-3-1-4-9-32)33(26-34)29-51-22-24-52(25-23-51)36-13-16-40-42(27-36)46-31-47-44(40)49-59(56,57)38-14-17-41(43(28-38)53(54)55)48-35(18-21-50-19-7-20-50)30-58-37-10-5-2-6-11-37/h1-6,8-17,26-28,31,35,48H,7,18-25,29-30H2,(H,46,47,49)/t35-/m1/s1. The Labute approximate surface area is 353 Å². The molecule has 2 saturated heterocycles. The van der Waals surface area contributed by atoms with E-state index in [9.17, 15) is 18.5 Å². The van der Waals surface area contributed by atoms with E-state index in [-0.39, 0.29) is 28.1 Å². The van der Waals surface area contributed by atoms with E-state index in [1.54, 1.807) is 11.8 Å². The zero-order valence-corrected chi connectivity index (χ0v) is 34.8. The van der Waals surface area contributed by atoms with Gasteiger partial charge >= 0.3 is 0 Å². The van der Waals surface area contributed by atoms with Gasteiger partial charge in [-0.05, 0) is 97.2 Å². The first-order valence-corrected chi connectivity index (χ1v) is 22.6. The van der Waals surface area contributed by atoms with Crippen LogP contribution in [0, 0.1) is 10.1 Å². The maximum atomic E-state index is 13.8. The number of likely N-dealkylation sites (tertiary alicyclic amines) is 1. The SMILES string of the molecule is O=[N+]([O-])c1cc(S(=O)(=O)Nc2ncnc3cc(N4CCN(Cc5cc(Cl)ccc5-c5ccccc5)CC4)ccc23)ccc1N[C@H](CCN1CCC1)CSc1ccccc1. The number of nitrogens with one attached hydrogen (secondary N) is 2. The second kappa shape index (κ2) is 18.3. The summed E-state index contributed by atoms with van der Waals surface area (Å²) in [6.45, 7) is 7.06. The fourth-order valence-corrected chi connectivity index (χ4v) is 9.77. The summed E-state index contributed by atoms with van der Waals surface area (Å²) in [6.07, 6.45) is 3.29. The zero-order chi connectivity index (χ0) is 40.8. The van der Waals surface area contributed by atoms with Crippen molar-refractivity contribution >= 4 is 67.2 Å². The Morgan fingerprint density at radius 2 is 1.59 bits per heavy atom. The molecule has 1 atom stereocenters. The van der Waals surface area contributed by atoms with Crippen molar-refractivity contribution in [1.82, 2.24) is 19.8 Å². The van der Waals surface area contributed by atoms with Crippen LogP contribution in [0.5, 0.6) is 0 Å². The summed E-state index contributed by atoms with van der Waals surface area (Å²) in [7, 11) is -4.26. The van der Waals surface area contributed by atoms with Crippen LogP contribution in [0.25, 0.3) is 22.0 Å². The fraction of sp³-hybridized carbons (Fsp3) is 0.273. The van der Waals surface area contributed by atoms with Gasteiger partial charge in [-0.1, -0.05) is 66.2 Å². The van der Waals surface area contributed by atoms with E-state index in [2.05, 4.69) is 59.0 Å². The molecule has 0 radical (unpaired) electrons.